The molecule has 1 heterocycles. The topological polar surface area (TPSA) is 38.0 Å². The molecule has 1 aromatic carbocycles. The van der Waals surface area contributed by atoms with Gasteiger partial charge in [0, 0.05) is 5.69 Å². The lowest BCUT2D eigenvalue weighted by Gasteiger charge is -1.97. The predicted molar refractivity (Wildman–Crippen MR) is 62.0 cm³/mol. The molecule has 1 aliphatic rings. The van der Waals surface area contributed by atoms with Crippen molar-refractivity contribution in [2.45, 2.75) is 0 Å². The minimum atomic E-state index is 0.809. The molecule has 13 heavy (non-hydrogen) atoms. The summed E-state index contributed by atoms with van der Waals surface area (Å²) in [5, 5.41) is 2.30. The predicted octanol–water partition coefficient (Wildman–Crippen LogP) is 2.51. The zero-order chi connectivity index (χ0) is 9.10. The van der Waals surface area contributed by atoms with Gasteiger partial charge in [-0.2, -0.15) is 0 Å². The summed E-state index contributed by atoms with van der Waals surface area (Å²) < 4.78 is 3.23. The van der Waals surface area contributed by atoms with Crippen LogP contribution in [0.3, 0.4) is 0 Å². The van der Waals surface area contributed by atoms with Gasteiger partial charge in [0.25, 0.3) is 0 Å². The molecule has 2 nitrogen and oxygen atoms in total. The molecule has 0 spiro atoms. The van der Waals surface area contributed by atoms with E-state index in [1.165, 1.54) is 10.6 Å². The smallest absolute Gasteiger partial charge is 0.0795 e. The Balaban J connectivity index is 2.17. The summed E-state index contributed by atoms with van der Waals surface area (Å²) >= 11 is 3.55. The number of nitrogens with one attached hydrogen (secondary N) is 1. The highest BCUT2D eigenvalue weighted by atomic mass is 32.2. The molecule has 4 heteroatoms. The number of hydrogen-bond acceptors (Lipinski definition) is 4. The summed E-state index contributed by atoms with van der Waals surface area (Å²) in [5.41, 5.74) is 7.58. The fourth-order valence-electron chi connectivity index (χ4n) is 1.04. The Morgan fingerprint density at radius 3 is 2.69 bits per heavy atom. The fraction of sp³-hybridized carbons (Fsp3) is 0.111. The van der Waals surface area contributed by atoms with Crippen molar-refractivity contribution in [3.05, 3.63) is 34.9 Å². The zero-order valence-corrected chi connectivity index (χ0v) is 8.62. The Morgan fingerprint density at radius 2 is 2.08 bits per heavy atom. The van der Waals surface area contributed by atoms with Crippen molar-refractivity contribution in [1.29, 1.82) is 0 Å². The Kier molecular flexibility index (Phi) is 2.71. The molecule has 0 atom stereocenters. The van der Waals surface area contributed by atoms with Gasteiger partial charge in [0.05, 0.1) is 10.1 Å². The number of nitrogens with two attached hydrogens (primary N) is 1. The summed E-state index contributed by atoms with van der Waals surface area (Å²) in [5.74, 6) is 0. The average molecular weight is 210 g/mol. The van der Waals surface area contributed by atoms with Crippen LogP contribution in [-0.4, -0.2) is 5.08 Å². The molecule has 2 rings (SSSR count). The van der Waals surface area contributed by atoms with E-state index in [4.69, 9.17) is 5.73 Å². The largest absolute Gasteiger partial charge is 0.399 e. The third-order valence-corrected chi connectivity index (χ3v) is 3.65. The summed E-state index contributed by atoms with van der Waals surface area (Å²) in [4.78, 5) is 0. The molecule has 0 unspecified atom stereocenters. The van der Waals surface area contributed by atoms with Gasteiger partial charge in [0.1, 0.15) is 0 Å². The maximum Gasteiger partial charge on any atom is 0.0795 e. The number of anilines is 1. The van der Waals surface area contributed by atoms with Crippen LogP contribution in [0.15, 0.2) is 29.3 Å². The van der Waals surface area contributed by atoms with Crippen LogP contribution in [-0.2, 0) is 0 Å². The molecule has 1 saturated heterocycles. The van der Waals surface area contributed by atoms with E-state index in [1.807, 2.05) is 36.0 Å². The summed E-state index contributed by atoms with van der Waals surface area (Å²) in [6, 6.07) is 7.87. The Hall–Kier alpha value is -0.740. The molecule has 1 fully saturated rings. The van der Waals surface area contributed by atoms with Crippen LogP contribution in [0.2, 0.25) is 0 Å². The van der Waals surface area contributed by atoms with Gasteiger partial charge in [-0.05, 0) is 35.7 Å². The monoisotopic (exact) mass is 210 g/mol. The normalized spacial score (nSPS) is 18.9. The minimum absolute atomic E-state index is 0.809. The second kappa shape index (κ2) is 3.98. The van der Waals surface area contributed by atoms with Gasteiger partial charge in [-0.3, -0.25) is 0 Å². The van der Waals surface area contributed by atoms with Crippen LogP contribution >= 0.6 is 23.7 Å². The summed E-state index contributed by atoms with van der Waals surface area (Å²) in [6.45, 7) is 0. The van der Waals surface area contributed by atoms with Crippen molar-refractivity contribution in [2.75, 3.05) is 10.8 Å². The average Bonchev–Trinajstić information content (AvgIpc) is 2.62. The van der Waals surface area contributed by atoms with Crippen LogP contribution in [0.1, 0.15) is 5.56 Å². The number of benzene rings is 1. The zero-order valence-electron chi connectivity index (χ0n) is 6.99. The first-order valence-electron chi connectivity index (χ1n) is 3.92. The van der Waals surface area contributed by atoms with E-state index in [2.05, 4.69) is 10.8 Å². The fourth-order valence-corrected chi connectivity index (χ4v) is 2.85. The van der Waals surface area contributed by atoms with Crippen LogP contribution in [0.25, 0.3) is 6.08 Å². The molecule has 0 amide bonds. The van der Waals surface area contributed by atoms with Crippen molar-refractivity contribution >= 4 is 35.5 Å². The Bertz CT molecular complexity index is 311. The van der Waals surface area contributed by atoms with E-state index in [0.29, 0.717) is 0 Å². The SMILES string of the molecule is Nc1ccc(/C=C2/NSCS2)cc1. The van der Waals surface area contributed by atoms with Gasteiger partial charge < -0.3 is 10.5 Å². The molecule has 0 bridgehead atoms. The van der Waals surface area contributed by atoms with E-state index < -0.39 is 0 Å². The minimum Gasteiger partial charge on any atom is -0.399 e. The van der Waals surface area contributed by atoms with Crippen LogP contribution in [0.5, 0.6) is 0 Å². The van der Waals surface area contributed by atoms with Crippen LogP contribution < -0.4 is 10.5 Å². The highest BCUT2D eigenvalue weighted by molar-refractivity contribution is 8.20. The van der Waals surface area contributed by atoms with Gasteiger partial charge in [0.15, 0.2) is 0 Å². The molecule has 68 valence electrons. The van der Waals surface area contributed by atoms with E-state index in [0.717, 1.165) is 10.8 Å². The Morgan fingerprint density at radius 1 is 1.31 bits per heavy atom. The number of rotatable bonds is 1. The molecular weight excluding hydrogens is 200 g/mol. The van der Waals surface area contributed by atoms with Gasteiger partial charge in [0.2, 0.25) is 0 Å². The first-order valence-corrected chi connectivity index (χ1v) is 5.89. The molecule has 0 aliphatic carbocycles. The quantitative estimate of drug-likeness (QED) is 0.552. The number of thioether (sulfide) groups is 1. The highest BCUT2D eigenvalue weighted by Crippen LogP contribution is 2.29. The molecule has 0 aromatic heterocycles. The van der Waals surface area contributed by atoms with Crippen LogP contribution in [0.4, 0.5) is 5.69 Å². The second-order valence-corrected chi connectivity index (χ2v) is 4.85. The molecule has 3 N–H and O–H groups in total. The van der Waals surface area contributed by atoms with Crippen molar-refractivity contribution in [3.8, 4) is 0 Å². The van der Waals surface area contributed by atoms with E-state index in [-0.39, 0.29) is 0 Å². The first kappa shape index (κ1) is 8.84. The second-order valence-electron chi connectivity index (χ2n) is 2.68. The molecule has 0 saturated carbocycles. The number of nitrogen functional groups attached to an aromatic ring is 1. The van der Waals surface area contributed by atoms with Crippen molar-refractivity contribution in [1.82, 2.24) is 4.72 Å². The molecule has 1 aliphatic heterocycles. The maximum atomic E-state index is 5.59. The highest BCUT2D eigenvalue weighted by Gasteiger charge is 2.05. The number of hydrogen-bond donors (Lipinski definition) is 2. The molecular formula is C9H10N2S2. The Labute approximate surface area is 86.1 Å². The summed E-state index contributed by atoms with van der Waals surface area (Å²) in [6.07, 6.45) is 2.13. The van der Waals surface area contributed by atoms with Crippen molar-refractivity contribution in [3.63, 3.8) is 0 Å². The first-order chi connectivity index (χ1) is 6.34. The maximum absolute atomic E-state index is 5.59. The molecule has 0 radical (unpaired) electrons. The van der Waals surface area contributed by atoms with E-state index >= 15 is 0 Å². The lowest BCUT2D eigenvalue weighted by molar-refractivity contribution is 1.42. The third-order valence-electron chi connectivity index (χ3n) is 1.68. The summed E-state index contributed by atoms with van der Waals surface area (Å²) in [7, 11) is 0. The lowest BCUT2D eigenvalue weighted by atomic mass is 10.2. The van der Waals surface area contributed by atoms with E-state index in [9.17, 15) is 0 Å². The van der Waals surface area contributed by atoms with Gasteiger partial charge in [-0.25, -0.2) is 0 Å². The van der Waals surface area contributed by atoms with Gasteiger partial charge >= 0.3 is 0 Å². The standard InChI is InChI=1S/C9H10N2S2/c10-8-3-1-7(2-4-8)5-9-11-13-6-12-9/h1-5,11H,6,10H2/b9-5-. The van der Waals surface area contributed by atoms with Crippen molar-refractivity contribution < 1.29 is 0 Å². The van der Waals surface area contributed by atoms with Gasteiger partial charge in [-0.1, -0.05) is 23.9 Å². The third kappa shape index (κ3) is 2.35. The lowest BCUT2D eigenvalue weighted by Crippen LogP contribution is -1.90. The molecule has 1 aromatic rings. The van der Waals surface area contributed by atoms with Crippen LogP contribution in [0, 0.1) is 0 Å². The van der Waals surface area contributed by atoms with E-state index in [1.54, 1.807) is 11.9 Å². The van der Waals surface area contributed by atoms with Crippen molar-refractivity contribution in [2.24, 2.45) is 0 Å². The van der Waals surface area contributed by atoms with Gasteiger partial charge in [-0.15, -0.1) is 0 Å².